The number of fused-ring (bicyclic) bond motifs is 1. The van der Waals surface area contributed by atoms with Gasteiger partial charge in [0.2, 0.25) is 5.88 Å². The lowest BCUT2D eigenvalue weighted by atomic mass is 10.2. The van der Waals surface area contributed by atoms with Crippen molar-refractivity contribution in [3.63, 3.8) is 0 Å². The molecular weight excluding hydrogens is 372 g/mol. The summed E-state index contributed by atoms with van der Waals surface area (Å²) < 4.78 is 6.91. The number of carbonyl (C=O) groups is 2. The van der Waals surface area contributed by atoms with E-state index in [9.17, 15) is 14.7 Å². The smallest absolute Gasteiger partial charge is 0.283 e. The molecule has 8 heteroatoms. The molecule has 29 heavy (non-hydrogen) atoms. The average molecular weight is 392 g/mol. The number of nitrogens with zero attached hydrogens (tertiary/aromatic N) is 3. The lowest BCUT2D eigenvalue weighted by molar-refractivity contribution is -0.126. The first-order chi connectivity index (χ1) is 14.1. The van der Waals surface area contributed by atoms with Gasteiger partial charge in [0.05, 0.1) is 5.52 Å². The van der Waals surface area contributed by atoms with Crippen LogP contribution in [0.2, 0.25) is 0 Å². The van der Waals surface area contributed by atoms with Crippen LogP contribution in [-0.4, -0.2) is 34.6 Å². The fourth-order valence-electron chi connectivity index (χ4n) is 2.72. The van der Waals surface area contributed by atoms with Crippen molar-refractivity contribution >= 4 is 28.4 Å². The zero-order valence-electron chi connectivity index (χ0n) is 15.6. The third-order valence-electron chi connectivity index (χ3n) is 4.04. The summed E-state index contributed by atoms with van der Waals surface area (Å²) in [6.07, 6.45) is 1.64. The number of ether oxygens (including phenoxy) is 1. The Hall–Kier alpha value is -3.94. The molecule has 1 heterocycles. The van der Waals surface area contributed by atoms with E-state index >= 15 is 0 Å². The molecule has 3 aromatic rings. The van der Waals surface area contributed by atoms with Gasteiger partial charge >= 0.3 is 0 Å². The van der Waals surface area contributed by atoms with Crippen LogP contribution in [0.5, 0.6) is 11.6 Å². The van der Waals surface area contributed by atoms with Crippen LogP contribution in [-0.2, 0) is 16.1 Å². The van der Waals surface area contributed by atoms with Gasteiger partial charge in [-0.25, -0.2) is 0 Å². The van der Waals surface area contributed by atoms with E-state index in [1.165, 1.54) is 0 Å². The van der Waals surface area contributed by atoms with Crippen molar-refractivity contribution in [2.75, 3.05) is 13.2 Å². The van der Waals surface area contributed by atoms with Gasteiger partial charge in [0.25, 0.3) is 11.8 Å². The Labute approximate surface area is 167 Å². The number of azo groups is 1. The minimum absolute atomic E-state index is 0.108. The number of aromatic nitrogens is 1. The Morgan fingerprint density at radius 3 is 2.62 bits per heavy atom. The zero-order valence-corrected chi connectivity index (χ0v) is 15.6. The Morgan fingerprint density at radius 1 is 1.14 bits per heavy atom. The lowest BCUT2D eigenvalue weighted by Crippen LogP contribution is -2.32. The van der Waals surface area contributed by atoms with Crippen molar-refractivity contribution in [3.8, 4) is 11.6 Å². The van der Waals surface area contributed by atoms with Gasteiger partial charge in [-0.05, 0) is 18.2 Å². The van der Waals surface area contributed by atoms with Crippen molar-refractivity contribution in [1.82, 2.24) is 9.88 Å². The van der Waals surface area contributed by atoms with Gasteiger partial charge in [-0.3, -0.25) is 9.59 Å². The Kier molecular flexibility index (Phi) is 6.36. The summed E-state index contributed by atoms with van der Waals surface area (Å²) in [4.78, 5) is 23.7. The fourth-order valence-corrected chi connectivity index (χ4v) is 2.72. The average Bonchev–Trinajstić information content (AvgIpc) is 3.01. The molecule has 0 saturated heterocycles. The zero-order chi connectivity index (χ0) is 20.6. The molecule has 0 fully saturated rings. The number of benzene rings is 2. The van der Waals surface area contributed by atoms with Gasteiger partial charge in [-0.15, -0.1) is 16.8 Å². The highest BCUT2D eigenvalue weighted by molar-refractivity contribution is 5.95. The normalized spacial score (nSPS) is 10.9. The third-order valence-corrected chi connectivity index (χ3v) is 4.04. The number of amides is 2. The summed E-state index contributed by atoms with van der Waals surface area (Å²) in [6.45, 7) is 3.51. The molecule has 0 bridgehead atoms. The molecular formula is C21H20N4O4. The molecule has 0 aliphatic carbocycles. The second-order valence-corrected chi connectivity index (χ2v) is 6.06. The highest BCUT2D eigenvalue weighted by Gasteiger charge is 2.16. The van der Waals surface area contributed by atoms with E-state index in [1.54, 1.807) is 47.0 Å². The largest absolute Gasteiger partial charge is 0.493 e. The van der Waals surface area contributed by atoms with Crippen LogP contribution in [0.25, 0.3) is 10.9 Å². The van der Waals surface area contributed by atoms with Crippen molar-refractivity contribution in [2.24, 2.45) is 10.2 Å². The van der Waals surface area contributed by atoms with E-state index < -0.39 is 11.8 Å². The number of aromatic hydroxyl groups is 1. The summed E-state index contributed by atoms with van der Waals surface area (Å²) in [5, 5.41) is 21.0. The summed E-state index contributed by atoms with van der Waals surface area (Å²) in [7, 11) is 0. The maximum Gasteiger partial charge on any atom is 0.283 e. The lowest BCUT2D eigenvalue weighted by Gasteiger charge is -2.05. The first-order valence-electron chi connectivity index (χ1n) is 8.90. The SMILES string of the molecule is C=CCn1c(O)c(N=NC(=O)CNC(=O)COc2ccccc2)c2ccccc21. The van der Waals surface area contributed by atoms with Crippen LogP contribution >= 0.6 is 0 Å². The van der Waals surface area contributed by atoms with Crippen LogP contribution in [0, 0.1) is 0 Å². The maximum absolute atomic E-state index is 12.0. The van der Waals surface area contributed by atoms with Crippen LogP contribution in [0.4, 0.5) is 5.69 Å². The van der Waals surface area contributed by atoms with Crippen LogP contribution in [0.15, 0.2) is 77.5 Å². The predicted octanol–water partition coefficient (Wildman–Crippen LogP) is 3.34. The topological polar surface area (TPSA) is 105 Å². The number of rotatable bonds is 8. The van der Waals surface area contributed by atoms with Gasteiger partial charge in [-0.2, -0.15) is 0 Å². The third kappa shape index (κ3) is 4.86. The molecule has 0 saturated carbocycles. The number of para-hydroxylation sites is 2. The van der Waals surface area contributed by atoms with Crippen molar-refractivity contribution in [2.45, 2.75) is 6.54 Å². The molecule has 0 unspecified atom stereocenters. The quantitative estimate of drug-likeness (QED) is 0.453. The van der Waals surface area contributed by atoms with Crippen molar-refractivity contribution in [3.05, 3.63) is 67.3 Å². The first-order valence-corrected chi connectivity index (χ1v) is 8.90. The molecule has 0 aliphatic rings. The molecule has 2 N–H and O–H groups in total. The van der Waals surface area contributed by atoms with E-state index in [4.69, 9.17) is 4.74 Å². The number of hydrogen-bond donors (Lipinski definition) is 2. The highest BCUT2D eigenvalue weighted by Crippen LogP contribution is 2.38. The van der Waals surface area contributed by atoms with Crippen molar-refractivity contribution < 1.29 is 19.4 Å². The summed E-state index contributed by atoms with van der Waals surface area (Å²) in [6, 6.07) is 16.1. The first kappa shape index (κ1) is 19.8. The second kappa shape index (κ2) is 9.32. The van der Waals surface area contributed by atoms with E-state index in [-0.39, 0.29) is 24.7 Å². The molecule has 0 radical (unpaired) electrons. The highest BCUT2D eigenvalue weighted by atomic mass is 16.5. The number of hydrogen-bond acceptors (Lipinski definition) is 5. The van der Waals surface area contributed by atoms with E-state index in [0.717, 1.165) is 5.52 Å². The van der Waals surface area contributed by atoms with Crippen LogP contribution in [0.1, 0.15) is 0 Å². The van der Waals surface area contributed by atoms with Crippen molar-refractivity contribution in [1.29, 1.82) is 0 Å². The molecule has 0 spiro atoms. The fraction of sp³-hybridized carbons (Fsp3) is 0.143. The van der Waals surface area contributed by atoms with E-state index in [2.05, 4.69) is 22.1 Å². The standard InChI is InChI=1S/C21H20N4O4/c1-2-12-25-17-11-7-6-10-16(17)20(21(25)28)24-23-18(26)13-22-19(27)14-29-15-8-4-3-5-9-15/h2-11,28H,1,12-14H2,(H,22,27). The maximum atomic E-state index is 12.0. The number of allylic oxidation sites excluding steroid dienone is 1. The molecule has 0 atom stereocenters. The Balaban J connectivity index is 1.60. The number of carbonyl (C=O) groups excluding carboxylic acids is 2. The summed E-state index contributed by atoms with van der Waals surface area (Å²) in [5.74, 6) is -0.663. The Bertz CT molecular complexity index is 1060. The molecule has 3 rings (SSSR count). The van der Waals surface area contributed by atoms with E-state index in [1.807, 2.05) is 18.2 Å². The molecule has 0 aliphatic heterocycles. The molecule has 1 aromatic heterocycles. The summed E-state index contributed by atoms with van der Waals surface area (Å²) in [5.41, 5.74) is 0.937. The predicted molar refractivity (Wildman–Crippen MR) is 108 cm³/mol. The van der Waals surface area contributed by atoms with Gasteiger partial charge in [-0.1, -0.05) is 42.5 Å². The molecule has 2 amide bonds. The van der Waals surface area contributed by atoms with Gasteiger partial charge in [0.1, 0.15) is 12.3 Å². The van der Waals surface area contributed by atoms with Gasteiger partial charge < -0.3 is 19.7 Å². The molecule has 148 valence electrons. The van der Waals surface area contributed by atoms with Gasteiger partial charge in [0, 0.05) is 11.9 Å². The Morgan fingerprint density at radius 2 is 1.86 bits per heavy atom. The second-order valence-electron chi connectivity index (χ2n) is 6.06. The van der Waals surface area contributed by atoms with E-state index in [0.29, 0.717) is 17.7 Å². The molecule has 8 nitrogen and oxygen atoms in total. The van der Waals surface area contributed by atoms with Crippen LogP contribution in [0.3, 0.4) is 0 Å². The molecule has 2 aromatic carbocycles. The summed E-state index contributed by atoms with van der Waals surface area (Å²) >= 11 is 0. The van der Waals surface area contributed by atoms with Gasteiger partial charge in [0.15, 0.2) is 12.3 Å². The van der Waals surface area contributed by atoms with Crippen LogP contribution < -0.4 is 10.1 Å². The number of nitrogens with one attached hydrogen (secondary N) is 1. The minimum atomic E-state index is -0.655. The minimum Gasteiger partial charge on any atom is -0.493 e. The monoisotopic (exact) mass is 392 g/mol.